The molecule has 2 heterocycles. The van der Waals surface area contributed by atoms with Gasteiger partial charge in [-0.1, -0.05) is 99.8 Å². The Morgan fingerprint density at radius 3 is 1.65 bits per heavy atom. The number of nitrogens with two attached hydrogens (primary N) is 2. The van der Waals surface area contributed by atoms with Gasteiger partial charge in [-0.05, 0) is 64.7 Å². The Morgan fingerprint density at radius 1 is 0.625 bits per heavy atom. The summed E-state index contributed by atoms with van der Waals surface area (Å²) in [7, 11) is 0. The second kappa shape index (κ2) is 29.7. The van der Waals surface area contributed by atoms with Crippen LogP contribution in [-0.2, 0) is 43.2 Å². The fourth-order valence-electron chi connectivity index (χ4n) is 9.04. The van der Waals surface area contributed by atoms with Gasteiger partial charge in [0.05, 0.1) is 12.2 Å². The zero-order valence-corrected chi connectivity index (χ0v) is 45.2. The van der Waals surface area contributed by atoms with E-state index in [2.05, 4.69) is 38.8 Å². The molecule has 2 saturated heterocycles. The van der Waals surface area contributed by atoms with Crippen molar-refractivity contribution in [3.63, 3.8) is 0 Å². The highest BCUT2D eigenvalue weighted by molar-refractivity contribution is 6.00. The number of aliphatic hydroxyl groups excluding tert-OH is 2. The number of carbonyl (C=O) groups is 9. The molecule has 0 spiro atoms. The third-order valence-corrected chi connectivity index (χ3v) is 14.0. The molecule has 2 rings (SSSR count). The highest BCUT2D eigenvalue weighted by Crippen LogP contribution is 2.27. The van der Waals surface area contributed by atoms with Crippen molar-refractivity contribution >= 4 is 53.2 Å². The van der Waals surface area contributed by atoms with Crippen molar-refractivity contribution < 1.29 is 53.4 Å². The van der Waals surface area contributed by atoms with Crippen LogP contribution in [0.2, 0.25) is 0 Å². The van der Waals surface area contributed by atoms with Gasteiger partial charge >= 0.3 is 0 Å². The van der Waals surface area contributed by atoms with Crippen molar-refractivity contribution in [2.75, 3.05) is 19.6 Å². The van der Waals surface area contributed by atoms with Gasteiger partial charge in [-0.3, -0.25) is 43.2 Å². The van der Waals surface area contributed by atoms with Crippen LogP contribution in [-0.4, -0.2) is 152 Å². The molecule has 0 saturated carbocycles. The third kappa shape index (κ3) is 19.5. The highest BCUT2D eigenvalue weighted by atomic mass is 16.3. The molecule has 12 N–H and O–H groups in total. The Hall–Kier alpha value is -4.89. The minimum absolute atomic E-state index is 0.0241. The number of nitrogens with zero attached hydrogens (tertiary/aromatic N) is 2. The Morgan fingerprint density at radius 2 is 1.12 bits per heavy atom. The zero-order chi connectivity index (χ0) is 54.7. The largest absolute Gasteiger partial charge is 0.391 e. The summed E-state index contributed by atoms with van der Waals surface area (Å²) < 4.78 is 0. The van der Waals surface area contributed by atoms with Gasteiger partial charge < -0.3 is 63.4 Å². The lowest BCUT2D eigenvalue weighted by Crippen LogP contribution is -2.65. The number of hydrogen-bond acceptors (Lipinski definition) is 12. The summed E-state index contributed by atoms with van der Waals surface area (Å²) in [5.41, 5.74) is 7.95. The molecule has 21 heteroatoms. The summed E-state index contributed by atoms with van der Waals surface area (Å²) in [5.74, 6) is -6.52. The number of aliphatic hydroxyl groups is 2. The monoisotopic (exact) mass is 1020 g/mol. The Kier molecular flexibility index (Phi) is 26.1. The van der Waals surface area contributed by atoms with Gasteiger partial charge in [-0.2, -0.15) is 0 Å². The van der Waals surface area contributed by atoms with Crippen LogP contribution in [0, 0.1) is 17.8 Å². The number of carbonyl (C=O) groups excluding carboxylic acids is 9. The highest BCUT2D eigenvalue weighted by Gasteiger charge is 2.48. The number of nitrogens with one attached hydrogen (secondary N) is 6. The van der Waals surface area contributed by atoms with E-state index < -0.39 is 107 Å². The molecule has 0 aromatic rings. The van der Waals surface area contributed by atoms with E-state index >= 15 is 0 Å². The number of amides is 9. The summed E-state index contributed by atoms with van der Waals surface area (Å²) in [6.07, 6.45) is 6.01. The summed E-state index contributed by atoms with van der Waals surface area (Å²) in [4.78, 5) is 125. The Labute approximate surface area is 428 Å². The molecular formula is C51H92N10O11. The number of rotatable bonds is 31. The molecule has 21 nitrogen and oxygen atoms in total. The van der Waals surface area contributed by atoms with Gasteiger partial charge in [-0.15, -0.1) is 0 Å². The number of β-amino-alcohol motifs (C(OH)–C–C–N with tert-alkyl or cyclic N) is 2. The number of likely N-dealkylation sites (tertiary alicyclic amines) is 2. The number of hydrogen-bond donors (Lipinski definition) is 10. The SMILES string of the molecule is CCCCCCCCCC(=O)N1C[C@@H](O)C[C@H]1C(=O)N1C[C@@H](O)C[C@H]1C(=O)N[C@H](C(=O)NC(C)(C)C(=O)N[C@@H](CCC(N)=O)C(=O)NC(C)(C)C(=O)N[C@H](C(=O)NC(CN)CC(C)C)[C@@H](C)CC)[C@@H](C)CC. The predicted octanol–water partition coefficient (Wildman–Crippen LogP) is 1.14. The number of unbranched alkanes of at least 4 members (excludes halogenated alkanes) is 6. The second-order valence-corrected chi connectivity index (χ2v) is 21.8. The van der Waals surface area contributed by atoms with E-state index in [1.807, 2.05) is 27.7 Å². The molecule has 2 aliphatic rings. The third-order valence-electron chi connectivity index (χ3n) is 14.0. The minimum Gasteiger partial charge on any atom is -0.391 e. The first-order valence-electron chi connectivity index (χ1n) is 26.4. The molecule has 0 aromatic carbocycles. The molecule has 0 aromatic heterocycles. The molecule has 2 aliphatic heterocycles. The standard InChI is InChI=1S/C51H92N10O11/c1-12-15-16-17-18-19-20-21-40(65)60-28-35(63)26-38(60)47(70)61-29-34(62)25-37(61)44(67)56-42(32(7)14-3)46(69)59-50(8,9)48(71)55-36(22-23-39(53)64)43(66)58-51(10,11)49(72)57-41(31(6)13-2)45(68)54-33(27-52)24-30(4)5/h30-38,41-42,62-63H,12-29,52H2,1-11H3,(H2,53,64)(H,54,68)(H,55,71)(H,56,67)(H,57,72)(H,58,66)(H,59,69)/t31-,32-,33?,34-,35-,36-,37-,38-,41-,42-/m0/s1. The average Bonchev–Trinajstić information content (AvgIpc) is 3.91. The van der Waals surface area contributed by atoms with Crippen molar-refractivity contribution in [2.24, 2.45) is 29.2 Å². The maximum Gasteiger partial charge on any atom is 0.246 e. The summed E-state index contributed by atoms with van der Waals surface area (Å²) in [6, 6.07) is -6.22. The van der Waals surface area contributed by atoms with Gasteiger partial charge in [0.1, 0.15) is 41.3 Å². The van der Waals surface area contributed by atoms with Gasteiger partial charge in [0.2, 0.25) is 53.2 Å². The van der Waals surface area contributed by atoms with Crippen molar-refractivity contribution in [3.05, 3.63) is 0 Å². The van der Waals surface area contributed by atoms with Crippen LogP contribution in [0.1, 0.15) is 172 Å². The average molecular weight is 1020 g/mol. The first-order chi connectivity index (χ1) is 33.6. The van der Waals surface area contributed by atoms with Crippen LogP contribution in [0.25, 0.3) is 0 Å². The van der Waals surface area contributed by atoms with E-state index in [1.54, 1.807) is 13.8 Å². The van der Waals surface area contributed by atoms with Crippen LogP contribution < -0.4 is 43.4 Å². The van der Waals surface area contributed by atoms with Gasteiger partial charge in [-0.25, -0.2) is 0 Å². The van der Waals surface area contributed by atoms with Crippen LogP contribution >= 0.6 is 0 Å². The van der Waals surface area contributed by atoms with E-state index in [9.17, 15) is 53.4 Å². The van der Waals surface area contributed by atoms with Crippen molar-refractivity contribution in [2.45, 2.75) is 232 Å². The Balaban J connectivity index is 2.23. The fraction of sp³-hybridized carbons (Fsp3) is 0.824. The molecule has 2 fully saturated rings. The summed E-state index contributed by atoms with van der Waals surface area (Å²) in [6.45, 7) is 18.9. The molecule has 0 aliphatic carbocycles. The molecule has 0 bridgehead atoms. The molecular weight excluding hydrogens is 929 g/mol. The molecule has 72 heavy (non-hydrogen) atoms. The smallest absolute Gasteiger partial charge is 0.246 e. The van der Waals surface area contributed by atoms with Crippen LogP contribution in [0.15, 0.2) is 0 Å². The van der Waals surface area contributed by atoms with Crippen LogP contribution in [0.5, 0.6) is 0 Å². The topological polar surface area (TPSA) is 325 Å². The lowest BCUT2D eigenvalue weighted by molar-refractivity contribution is -0.147. The first kappa shape index (κ1) is 63.2. The zero-order valence-electron chi connectivity index (χ0n) is 45.2. The molecule has 412 valence electrons. The molecule has 10 atom stereocenters. The summed E-state index contributed by atoms with van der Waals surface area (Å²) >= 11 is 0. The van der Waals surface area contributed by atoms with E-state index in [0.29, 0.717) is 25.7 Å². The van der Waals surface area contributed by atoms with Crippen LogP contribution in [0.3, 0.4) is 0 Å². The Bertz CT molecular complexity index is 1850. The van der Waals surface area contributed by atoms with E-state index in [4.69, 9.17) is 11.5 Å². The second-order valence-electron chi connectivity index (χ2n) is 21.8. The maximum atomic E-state index is 14.1. The predicted molar refractivity (Wildman–Crippen MR) is 273 cm³/mol. The quantitative estimate of drug-likeness (QED) is 0.0438. The van der Waals surface area contributed by atoms with E-state index in [-0.39, 0.29) is 75.5 Å². The lowest BCUT2D eigenvalue weighted by Gasteiger charge is -2.34. The van der Waals surface area contributed by atoms with Crippen molar-refractivity contribution in [1.82, 2.24) is 41.7 Å². The first-order valence-corrected chi connectivity index (χ1v) is 26.4. The van der Waals surface area contributed by atoms with Gasteiger partial charge in [0.15, 0.2) is 0 Å². The van der Waals surface area contributed by atoms with Crippen molar-refractivity contribution in [3.8, 4) is 0 Å². The molecule has 0 radical (unpaired) electrons. The van der Waals surface area contributed by atoms with E-state index in [0.717, 1.165) is 38.5 Å². The van der Waals surface area contributed by atoms with Crippen molar-refractivity contribution in [1.29, 1.82) is 0 Å². The van der Waals surface area contributed by atoms with E-state index in [1.165, 1.54) is 37.5 Å². The van der Waals surface area contributed by atoms with Gasteiger partial charge in [0, 0.05) is 51.4 Å². The lowest BCUT2D eigenvalue weighted by atomic mass is 9.94. The van der Waals surface area contributed by atoms with Gasteiger partial charge in [0.25, 0.3) is 0 Å². The number of primary amides is 1. The molecule has 9 amide bonds. The normalized spacial score (nSPS) is 20.7. The van der Waals surface area contributed by atoms with Crippen LogP contribution in [0.4, 0.5) is 0 Å². The maximum absolute atomic E-state index is 14.1. The fourth-order valence-corrected chi connectivity index (χ4v) is 9.04. The minimum atomic E-state index is -1.75. The summed E-state index contributed by atoms with van der Waals surface area (Å²) in [5, 5.41) is 37.7. The molecule has 1 unspecified atom stereocenters.